The van der Waals surface area contributed by atoms with E-state index in [1.807, 2.05) is 0 Å². The minimum atomic E-state index is -0.197. The summed E-state index contributed by atoms with van der Waals surface area (Å²) in [5.74, 6) is -0.197. The number of aliphatic hydroxyl groups is 1. The normalized spacial score (nSPS) is 16.1. The molecule has 2 aromatic heterocycles. The van der Waals surface area contributed by atoms with E-state index in [2.05, 4.69) is 10.3 Å². The van der Waals surface area contributed by atoms with Crippen molar-refractivity contribution in [2.75, 3.05) is 13.2 Å². The first-order chi connectivity index (χ1) is 9.97. The van der Waals surface area contributed by atoms with Gasteiger partial charge in [0.05, 0.1) is 23.2 Å². The molecule has 0 saturated heterocycles. The Kier molecular flexibility index (Phi) is 3.33. The number of carbonyl (C=O) groups is 1. The third kappa shape index (κ3) is 2.36. The third-order valence-electron chi connectivity index (χ3n) is 4.13. The zero-order valence-electron chi connectivity index (χ0n) is 12.0. The van der Waals surface area contributed by atoms with E-state index < -0.39 is 0 Å². The van der Waals surface area contributed by atoms with Crippen LogP contribution in [-0.4, -0.2) is 33.7 Å². The molecule has 3 rings (SSSR count). The summed E-state index contributed by atoms with van der Waals surface area (Å²) in [5, 5.41) is 12.6. The molecule has 2 N–H and O–H groups in total. The molecule has 0 radical (unpaired) electrons. The van der Waals surface area contributed by atoms with Crippen molar-refractivity contribution in [3.63, 3.8) is 0 Å². The number of aromatic nitrogens is 2. The van der Waals surface area contributed by atoms with Crippen molar-refractivity contribution < 1.29 is 9.90 Å². The third-order valence-corrected chi connectivity index (χ3v) is 5.33. The molecule has 1 fully saturated rings. The highest BCUT2D eigenvalue weighted by Crippen LogP contribution is 2.44. The highest BCUT2D eigenvalue weighted by molar-refractivity contribution is 7.20. The summed E-state index contributed by atoms with van der Waals surface area (Å²) < 4.78 is 1.41. The number of nitrogens with zero attached hydrogens (tertiary/aromatic N) is 2. The van der Waals surface area contributed by atoms with Crippen LogP contribution in [0.4, 0.5) is 0 Å². The molecule has 1 amide bonds. The van der Waals surface area contributed by atoms with Gasteiger partial charge in [0, 0.05) is 19.0 Å². The van der Waals surface area contributed by atoms with Gasteiger partial charge in [-0.2, -0.15) is 0 Å². The lowest BCUT2D eigenvalue weighted by molar-refractivity contribution is 0.0939. The maximum atomic E-state index is 12.3. The average molecular weight is 307 g/mol. The molecule has 1 aliphatic carbocycles. The van der Waals surface area contributed by atoms with Crippen LogP contribution >= 0.6 is 11.3 Å². The Hall–Kier alpha value is -1.73. The number of thiophene rings is 1. The van der Waals surface area contributed by atoms with Gasteiger partial charge < -0.3 is 15.0 Å². The summed E-state index contributed by atoms with van der Waals surface area (Å²) in [7, 11) is 1.64. The van der Waals surface area contributed by atoms with E-state index in [0.717, 1.165) is 12.8 Å². The SMILES string of the molecule is Cc1c(C(=O)NCC2(CO)CC2)sc2ncn(C)c(=O)c12. The monoisotopic (exact) mass is 307 g/mol. The lowest BCUT2D eigenvalue weighted by Crippen LogP contribution is -2.31. The number of aliphatic hydroxyl groups excluding tert-OH is 1. The Morgan fingerprint density at radius 1 is 1.57 bits per heavy atom. The van der Waals surface area contributed by atoms with E-state index in [1.165, 1.54) is 22.2 Å². The molecule has 2 heterocycles. The summed E-state index contributed by atoms with van der Waals surface area (Å²) in [4.78, 5) is 29.7. The van der Waals surface area contributed by atoms with E-state index in [0.29, 0.717) is 27.2 Å². The zero-order valence-corrected chi connectivity index (χ0v) is 12.8. The summed E-state index contributed by atoms with van der Waals surface area (Å²) in [6.45, 7) is 2.35. The Balaban J connectivity index is 1.90. The van der Waals surface area contributed by atoms with Gasteiger partial charge in [0.2, 0.25) is 0 Å². The number of rotatable bonds is 4. The van der Waals surface area contributed by atoms with Crippen molar-refractivity contribution in [2.45, 2.75) is 19.8 Å². The fourth-order valence-corrected chi connectivity index (χ4v) is 3.40. The molecule has 6 nitrogen and oxygen atoms in total. The highest BCUT2D eigenvalue weighted by atomic mass is 32.1. The van der Waals surface area contributed by atoms with Crippen LogP contribution in [0.15, 0.2) is 11.1 Å². The van der Waals surface area contributed by atoms with Crippen molar-refractivity contribution in [2.24, 2.45) is 12.5 Å². The first kappa shape index (κ1) is 14.2. The standard InChI is InChI=1S/C14H17N3O3S/c1-8-9-12(16-7-17(2)13(9)20)21-10(8)11(19)15-5-14(6-18)3-4-14/h7,18H,3-6H2,1-2H3,(H,15,19). The number of nitrogens with one attached hydrogen (secondary N) is 1. The largest absolute Gasteiger partial charge is 0.396 e. The first-order valence-corrected chi connectivity index (χ1v) is 7.63. The van der Waals surface area contributed by atoms with Gasteiger partial charge in [0.1, 0.15) is 4.83 Å². The van der Waals surface area contributed by atoms with Gasteiger partial charge in [-0.05, 0) is 25.3 Å². The second kappa shape index (κ2) is 4.92. The number of fused-ring (bicyclic) bond motifs is 1. The fourth-order valence-electron chi connectivity index (χ4n) is 2.34. The molecule has 1 saturated carbocycles. The molecule has 21 heavy (non-hydrogen) atoms. The second-order valence-corrected chi connectivity index (χ2v) is 6.74. The Bertz CT molecular complexity index is 774. The summed E-state index contributed by atoms with van der Waals surface area (Å²) >= 11 is 1.23. The number of aryl methyl sites for hydroxylation is 2. The summed E-state index contributed by atoms with van der Waals surface area (Å²) in [6.07, 6.45) is 3.35. The molecule has 7 heteroatoms. The fraction of sp³-hybridized carbons (Fsp3) is 0.500. The van der Waals surface area contributed by atoms with Gasteiger partial charge in [-0.25, -0.2) is 4.98 Å². The van der Waals surface area contributed by atoms with Crippen molar-refractivity contribution in [3.8, 4) is 0 Å². The van der Waals surface area contributed by atoms with E-state index in [1.54, 1.807) is 14.0 Å². The maximum absolute atomic E-state index is 12.3. The maximum Gasteiger partial charge on any atom is 0.262 e. The van der Waals surface area contributed by atoms with Gasteiger partial charge >= 0.3 is 0 Å². The van der Waals surface area contributed by atoms with Crippen LogP contribution < -0.4 is 10.9 Å². The molecule has 0 unspecified atom stereocenters. The number of carbonyl (C=O) groups excluding carboxylic acids is 1. The van der Waals surface area contributed by atoms with Gasteiger partial charge in [-0.3, -0.25) is 9.59 Å². The minimum Gasteiger partial charge on any atom is -0.396 e. The molecule has 112 valence electrons. The predicted molar refractivity (Wildman–Crippen MR) is 80.7 cm³/mol. The quantitative estimate of drug-likeness (QED) is 0.875. The van der Waals surface area contributed by atoms with E-state index in [4.69, 9.17) is 0 Å². The second-order valence-electron chi connectivity index (χ2n) is 5.74. The van der Waals surface area contributed by atoms with E-state index in [9.17, 15) is 14.7 Å². The molecule has 1 aliphatic rings. The van der Waals surface area contributed by atoms with Crippen molar-refractivity contribution in [1.82, 2.24) is 14.9 Å². The van der Waals surface area contributed by atoms with E-state index >= 15 is 0 Å². The first-order valence-electron chi connectivity index (χ1n) is 6.81. The molecule has 0 bridgehead atoms. The molecular formula is C14H17N3O3S. The van der Waals surface area contributed by atoms with Crippen LogP contribution in [0.3, 0.4) is 0 Å². The van der Waals surface area contributed by atoms with Crippen LogP contribution in [0, 0.1) is 12.3 Å². The topological polar surface area (TPSA) is 84.2 Å². The smallest absolute Gasteiger partial charge is 0.262 e. The Morgan fingerprint density at radius 2 is 2.29 bits per heavy atom. The van der Waals surface area contributed by atoms with Crippen LogP contribution in [0.5, 0.6) is 0 Å². The van der Waals surface area contributed by atoms with Crippen LogP contribution in [0.25, 0.3) is 10.2 Å². The summed E-state index contributed by atoms with van der Waals surface area (Å²) in [5.41, 5.74) is 0.408. The highest BCUT2D eigenvalue weighted by Gasteiger charge is 2.42. The molecule has 2 aromatic rings. The van der Waals surface area contributed by atoms with Gasteiger partial charge in [-0.1, -0.05) is 0 Å². The van der Waals surface area contributed by atoms with Gasteiger partial charge in [0.15, 0.2) is 0 Å². The lowest BCUT2D eigenvalue weighted by Gasteiger charge is -2.12. The van der Waals surface area contributed by atoms with Gasteiger partial charge in [0.25, 0.3) is 11.5 Å². The number of hydrogen-bond acceptors (Lipinski definition) is 5. The molecule has 0 spiro atoms. The van der Waals surface area contributed by atoms with Crippen molar-refractivity contribution in [1.29, 1.82) is 0 Å². The van der Waals surface area contributed by atoms with Crippen molar-refractivity contribution in [3.05, 3.63) is 27.1 Å². The molecule has 0 aliphatic heterocycles. The van der Waals surface area contributed by atoms with Gasteiger partial charge in [-0.15, -0.1) is 11.3 Å². The van der Waals surface area contributed by atoms with Crippen molar-refractivity contribution >= 4 is 27.5 Å². The predicted octanol–water partition coefficient (Wildman–Crippen LogP) is 0.806. The minimum absolute atomic E-state index is 0.0980. The zero-order chi connectivity index (χ0) is 15.2. The Morgan fingerprint density at radius 3 is 2.90 bits per heavy atom. The van der Waals surface area contributed by atoms with E-state index in [-0.39, 0.29) is 23.5 Å². The number of hydrogen-bond donors (Lipinski definition) is 2. The summed E-state index contributed by atoms with van der Waals surface area (Å²) in [6, 6.07) is 0. The molecule has 0 aromatic carbocycles. The van der Waals surface area contributed by atoms with Crippen LogP contribution in [0.2, 0.25) is 0 Å². The Labute approximate surface area is 125 Å². The lowest BCUT2D eigenvalue weighted by atomic mass is 10.1. The van der Waals surface area contributed by atoms with Crippen LogP contribution in [0.1, 0.15) is 28.1 Å². The average Bonchev–Trinajstić information content (AvgIpc) is 3.18. The molecule has 0 atom stereocenters. The van der Waals surface area contributed by atoms with Crippen LogP contribution in [-0.2, 0) is 7.05 Å². The molecular weight excluding hydrogens is 290 g/mol. The number of amides is 1.